The van der Waals surface area contributed by atoms with Crippen LogP contribution in [0.3, 0.4) is 0 Å². The predicted molar refractivity (Wildman–Crippen MR) is 241 cm³/mol. The zero-order valence-corrected chi connectivity index (χ0v) is 40.0. The van der Waals surface area contributed by atoms with Crippen LogP contribution in [-0.2, 0) is 67.7 Å². The summed E-state index contributed by atoms with van der Waals surface area (Å²) >= 11 is 11.6. The van der Waals surface area contributed by atoms with Crippen molar-refractivity contribution in [3.63, 3.8) is 0 Å². The Balaban J connectivity index is 0.000000204. The summed E-state index contributed by atoms with van der Waals surface area (Å²) in [4.78, 5) is 89.9. The number of esters is 1. The third kappa shape index (κ3) is 11.7. The van der Waals surface area contributed by atoms with Gasteiger partial charge in [-0.15, -0.1) is 0 Å². The number of ether oxygens (including phenoxy) is 3. The molecule has 21 nitrogen and oxygen atoms in total. The molecule has 4 aliphatic rings. The molecule has 8 rings (SSSR count). The van der Waals surface area contributed by atoms with Gasteiger partial charge in [0.1, 0.15) is 48.4 Å². The van der Waals surface area contributed by atoms with E-state index in [1.54, 1.807) is 37.3 Å². The molecule has 4 aromatic rings. The summed E-state index contributed by atoms with van der Waals surface area (Å²) in [6, 6.07) is 7.00. The van der Waals surface area contributed by atoms with Crippen molar-refractivity contribution in [2.24, 2.45) is 5.41 Å². The highest BCUT2D eigenvalue weighted by molar-refractivity contribution is 6.31. The maximum Gasteiger partial charge on any atom is 0.508 e. The summed E-state index contributed by atoms with van der Waals surface area (Å²) in [6.07, 6.45) is -1.21. The lowest BCUT2D eigenvalue weighted by atomic mass is 9.97. The van der Waals surface area contributed by atoms with Gasteiger partial charge >= 0.3 is 24.2 Å². The van der Waals surface area contributed by atoms with E-state index < -0.39 is 59.3 Å². The Morgan fingerprint density at radius 3 is 1.57 bits per heavy atom. The van der Waals surface area contributed by atoms with Gasteiger partial charge in [0.25, 0.3) is 11.8 Å². The van der Waals surface area contributed by atoms with Crippen LogP contribution in [0.5, 0.6) is 0 Å². The van der Waals surface area contributed by atoms with Crippen molar-refractivity contribution < 1.29 is 61.4 Å². The van der Waals surface area contributed by atoms with E-state index >= 15 is 0 Å². The van der Waals surface area contributed by atoms with Crippen LogP contribution >= 0.6 is 23.2 Å². The molecule has 2 aromatic heterocycles. The molecule has 0 saturated carbocycles. The molecular formula is C44H50Cl2F2N10O11. The topological polar surface area (TPSA) is 221 Å². The second-order valence-corrected chi connectivity index (χ2v) is 18.1. The standard InChI is InChI=1S/C23H27ClFN5O5.C21H23ClFN5O6/c1-23(2,3)21(32)34-12-14-10-30-19(20(31)28(4)35-14)15-11-29(8-7-18(15)27-30)22(33)26-13-5-6-17(25)16(24)9-13;1-3-32-21(31)33-11-13-9-28-18(19(29)26(2)34-13)14-10-27(7-6-17(14)25-28)20(30)24-12-4-5-16(23)15(22)8-12/h5-6,9,14H,7-8,10-12H2,1-4H3,(H,26,33);4-5,8,13H,3,6-7,9-11H2,1-2H3,(H,24,30). The number of hydroxylamine groups is 4. The lowest BCUT2D eigenvalue weighted by Crippen LogP contribution is -2.39. The smallest absolute Gasteiger partial charge is 0.462 e. The van der Waals surface area contributed by atoms with E-state index in [0.717, 1.165) is 15.8 Å². The number of benzene rings is 2. The van der Waals surface area contributed by atoms with Crippen molar-refractivity contribution in [2.75, 3.05) is 57.6 Å². The monoisotopic (exact) mass is 1000 g/mol. The first kappa shape index (κ1) is 50.3. The summed E-state index contributed by atoms with van der Waals surface area (Å²) < 4.78 is 45.1. The van der Waals surface area contributed by atoms with Gasteiger partial charge in [0.05, 0.1) is 59.6 Å². The molecule has 2 aromatic carbocycles. The lowest BCUT2D eigenvalue weighted by Gasteiger charge is -2.27. The quantitative estimate of drug-likeness (QED) is 0.201. The average molecular weight is 1000 g/mol. The second kappa shape index (κ2) is 21.0. The van der Waals surface area contributed by atoms with Crippen molar-refractivity contribution in [3.05, 3.63) is 92.0 Å². The zero-order valence-electron chi connectivity index (χ0n) is 38.5. The molecule has 25 heteroatoms. The Labute approximate surface area is 404 Å². The van der Waals surface area contributed by atoms with Gasteiger partial charge in [0.15, 0.2) is 0 Å². The van der Waals surface area contributed by atoms with Crippen LogP contribution in [0.4, 0.5) is 34.5 Å². The second-order valence-electron chi connectivity index (χ2n) is 17.3. The highest BCUT2D eigenvalue weighted by Crippen LogP contribution is 2.30. The molecule has 0 radical (unpaired) electrons. The van der Waals surface area contributed by atoms with Crippen molar-refractivity contribution in [2.45, 2.75) is 78.9 Å². The van der Waals surface area contributed by atoms with E-state index in [4.69, 9.17) is 47.1 Å². The zero-order chi connectivity index (χ0) is 49.9. The van der Waals surface area contributed by atoms with Crippen LogP contribution in [0.1, 0.15) is 71.2 Å². The molecule has 2 atom stereocenters. The van der Waals surface area contributed by atoms with E-state index in [-0.39, 0.29) is 62.0 Å². The number of rotatable bonds is 7. The Bertz CT molecular complexity index is 2660. The lowest BCUT2D eigenvalue weighted by molar-refractivity contribution is -0.180. The van der Waals surface area contributed by atoms with Crippen LogP contribution in [-0.4, -0.2) is 135 Å². The molecule has 370 valence electrons. The van der Waals surface area contributed by atoms with Crippen molar-refractivity contribution in [3.8, 4) is 0 Å². The number of aromatic nitrogens is 4. The molecule has 0 fully saturated rings. The van der Waals surface area contributed by atoms with Crippen LogP contribution in [0, 0.1) is 17.0 Å². The average Bonchev–Trinajstić information content (AvgIpc) is 3.78. The first-order valence-electron chi connectivity index (χ1n) is 21.8. The molecule has 2 unspecified atom stereocenters. The van der Waals surface area contributed by atoms with Crippen LogP contribution in [0.2, 0.25) is 10.0 Å². The number of amides is 6. The molecule has 0 aliphatic carbocycles. The van der Waals surface area contributed by atoms with Gasteiger partial charge in [0.2, 0.25) is 0 Å². The molecule has 6 amide bonds. The first-order chi connectivity index (χ1) is 32.7. The number of carbonyl (C=O) groups is 6. The third-order valence-corrected chi connectivity index (χ3v) is 11.7. The minimum absolute atomic E-state index is 0.0353. The van der Waals surface area contributed by atoms with E-state index in [0.29, 0.717) is 65.5 Å². The molecule has 0 bridgehead atoms. The van der Waals surface area contributed by atoms with Crippen molar-refractivity contribution >= 4 is 70.6 Å². The summed E-state index contributed by atoms with van der Waals surface area (Å²) in [5.74, 6) is -2.37. The minimum Gasteiger partial charge on any atom is -0.462 e. The third-order valence-electron chi connectivity index (χ3n) is 11.1. The number of hydrogen-bond donors (Lipinski definition) is 2. The van der Waals surface area contributed by atoms with Gasteiger partial charge in [-0.05, 0) is 64.1 Å². The number of nitrogens with zero attached hydrogens (tertiary/aromatic N) is 8. The van der Waals surface area contributed by atoms with Crippen molar-refractivity contribution in [1.29, 1.82) is 0 Å². The van der Waals surface area contributed by atoms with E-state index in [1.165, 1.54) is 60.1 Å². The maximum absolute atomic E-state index is 13.4. The Kier molecular flexibility index (Phi) is 15.3. The molecule has 6 heterocycles. The fourth-order valence-electron chi connectivity index (χ4n) is 7.66. The predicted octanol–water partition coefficient (Wildman–Crippen LogP) is 6.07. The Hall–Kier alpha value is -6.56. The van der Waals surface area contributed by atoms with Gasteiger partial charge in [-0.3, -0.25) is 33.4 Å². The van der Waals surface area contributed by atoms with Gasteiger partial charge in [-0.25, -0.2) is 33.3 Å². The first-order valence-corrected chi connectivity index (χ1v) is 22.5. The van der Waals surface area contributed by atoms with E-state index in [1.807, 2.05) is 0 Å². The number of carbonyl (C=O) groups excluding carboxylic acids is 6. The number of anilines is 2. The Morgan fingerprint density at radius 1 is 0.725 bits per heavy atom. The normalized spacial score (nSPS) is 17.8. The number of fused-ring (bicyclic) bond motifs is 6. The number of urea groups is 2. The molecule has 69 heavy (non-hydrogen) atoms. The molecular weight excluding hydrogens is 953 g/mol. The van der Waals surface area contributed by atoms with Gasteiger partial charge < -0.3 is 34.6 Å². The van der Waals surface area contributed by atoms with Crippen LogP contribution in [0.25, 0.3) is 0 Å². The summed E-state index contributed by atoms with van der Waals surface area (Å²) in [7, 11) is 2.95. The van der Waals surface area contributed by atoms with Crippen LogP contribution in [0.15, 0.2) is 36.4 Å². The van der Waals surface area contributed by atoms with Crippen LogP contribution < -0.4 is 10.6 Å². The number of nitrogens with one attached hydrogen (secondary N) is 2. The maximum atomic E-state index is 13.4. The highest BCUT2D eigenvalue weighted by atomic mass is 35.5. The van der Waals surface area contributed by atoms with Gasteiger partial charge in [0, 0.05) is 62.5 Å². The van der Waals surface area contributed by atoms with Gasteiger partial charge in [-0.1, -0.05) is 23.2 Å². The largest absolute Gasteiger partial charge is 0.508 e. The minimum atomic E-state index is -0.826. The Morgan fingerprint density at radius 2 is 1.16 bits per heavy atom. The highest BCUT2D eigenvalue weighted by Gasteiger charge is 2.38. The summed E-state index contributed by atoms with van der Waals surface area (Å²) in [5.41, 5.74) is 3.37. The van der Waals surface area contributed by atoms with Crippen molar-refractivity contribution in [1.82, 2.24) is 39.5 Å². The summed E-state index contributed by atoms with van der Waals surface area (Å²) in [5, 5.41) is 16.5. The molecule has 0 saturated heterocycles. The van der Waals surface area contributed by atoms with Gasteiger partial charge in [-0.2, -0.15) is 10.2 Å². The molecule has 2 N–H and O–H groups in total. The SMILES string of the molecule is CCOC(=O)OCC1Cn2nc3c(c2C(=O)N(C)O1)CN(C(=O)Nc1ccc(F)c(Cl)c1)CC3.CN1OC(COC(=O)C(C)(C)C)Cn2nc3c(c2C1=O)CN(C(=O)Nc1ccc(F)c(Cl)c1)CC3. The molecule has 4 aliphatic heterocycles. The fraction of sp³-hybridized carbons (Fsp3) is 0.455. The summed E-state index contributed by atoms with van der Waals surface area (Å²) in [6.45, 7) is 8.38. The fourth-order valence-corrected chi connectivity index (χ4v) is 8.02. The number of halogens is 4. The molecule has 0 spiro atoms. The van der Waals surface area contributed by atoms with E-state index in [2.05, 4.69) is 20.8 Å². The number of hydrogen-bond acceptors (Lipinski definition) is 13. The van der Waals surface area contributed by atoms with E-state index in [9.17, 15) is 37.5 Å².